The van der Waals surface area contributed by atoms with Crippen LogP contribution in [0.5, 0.6) is 5.88 Å². The average Bonchev–Trinajstić information content (AvgIpc) is 3.18. The highest BCUT2D eigenvalue weighted by molar-refractivity contribution is 7.05. The predicted octanol–water partition coefficient (Wildman–Crippen LogP) is 2.89. The lowest BCUT2D eigenvalue weighted by atomic mass is 10.0. The number of H-pyrrole nitrogens is 1. The first-order valence-electron chi connectivity index (χ1n) is 7.73. The van der Waals surface area contributed by atoms with Crippen molar-refractivity contribution in [1.82, 2.24) is 14.3 Å². The summed E-state index contributed by atoms with van der Waals surface area (Å²) in [7, 11) is 1.62. The third-order valence-electron chi connectivity index (χ3n) is 4.43. The van der Waals surface area contributed by atoms with E-state index in [9.17, 15) is 9.90 Å². The Kier molecular flexibility index (Phi) is 3.74. The number of carboxylic acids is 1. The van der Waals surface area contributed by atoms with E-state index in [2.05, 4.69) is 14.3 Å². The van der Waals surface area contributed by atoms with Gasteiger partial charge in [0.15, 0.2) is 0 Å². The topological polar surface area (TPSA) is 78.5 Å². The number of carbonyl (C=O) groups is 1. The summed E-state index contributed by atoms with van der Waals surface area (Å²) in [6.07, 6.45) is 0.933. The normalized spacial score (nSPS) is 14.7. The molecule has 0 spiro atoms. The largest absolute Gasteiger partial charge is 0.480 e. The molecule has 1 aliphatic heterocycles. The van der Waals surface area contributed by atoms with Crippen LogP contribution in [0.4, 0.5) is 0 Å². The minimum Gasteiger partial charge on any atom is -0.480 e. The van der Waals surface area contributed by atoms with E-state index in [0.29, 0.717) is 11.4 Å². The molecule has 0 fully saturated rings. The number of aromatic nitrogens is 2. The van der Waals surface area contributed by atoms with Crippen LogP contribution in [0.2, 0.25) is 0 Å². The predicted molar refractivity (Wildman–Crippen MR) is 91.7 cm³/mol. The van der Waals surface area contributed by atoms with Gasteiger partial charge < -0.3 is 14.8 Å². The highest BCUT2D eigenvalue weighted by Gasteiger charge is 2.22. The van der Waals surface area contributed by atoms with Crippen LogP contribution in [0.1, 0.15) is 26.5 Å². The summed E-state index contributed by atoms with van der Waals surface area (Å²) in [4.78, 5) is 18.2. The van der Waals surface area contributed by atoms with E-state index < -0.39 is 5.97 Å². The van der Waals surface area contributed by atoms with Crippen molar-refractivity contribution < 1.29 is 14.6 Å². The number of nitrogens with zero attached hydrogens (tertiary/aromatic N) is 2. The van der Waals surface area contributed by atoms with Crippen molar-refractivity contribution in [3.8, 4) is 5.88 Å². The van der Waals surface area contributed by atoms with Crippen LogP contribution in [-0.4, -0.2) is 39.0 Å². The van der Waals surface area contributed by atoms with Gasteiger partial charge in [0.1, 0.15) is 0 Å². The van der Waals surface area contributed by atoms with Gasteiger partial charge in [-0.1, -0.05) is 0 Å². The number of hydrogen-bond donors (Lipinski definition) is 2. The van der Waals surface area contributed by atoms with Crippen LogP contribution in [0, 0.1) is 0 Å². The number of aromatic carboxylic acids is 1. The Morgan fingerprint density at radius 2 is 2.33 bits per heavy atom. The molecule has 4 rings (SSSR count). The standard InChI is InChI=1S/C17H17N3O3S/c1-23-16-7-11(24-19-16)8-20-5-4-15-13(9-20)12-6-10(17(21)22)2-3-14(12)18-15/h2-3,6-7,18H,4-5,8-9H2,1H3,(H,21,22). The van der Waals surface area contributed by atoms with Crippen molar-refractivity contribution in [2.75, 3.05) is 13.7 Å². The van der Waals surface area contributed by atoms with E-state index in [1.807, 2.05) is 12.1 Å². The summed E-state index contributed by atoms with van der Waals surface area (Å²) in [6.45, 7) is 2.59. The second-order valence-electron chi connectivity index (χ2n) is 5.94. The Bertz CT molecular complexity index is 915. The molecular weight excluding hydrogens is 326 g/mol. The van der Waals surface area contributed by atoms with E-state index in [1.165, 1.54) is 27.7 Å². The number of carboxylic acid groups (broad SMARTS) is 1. The molecule has 1 aromatic carbocycles. The van der Waals surface area contributed by atoms with Gasteiger partial charge >= 0.3 is 5.97 Å². The maximum Gasteiger partial charge on any atom is 0.335 e. The molecule has 24 heavy (non-hydrogen) atoms. The molecule has 0 saturated carbocycles. The minimum atomic E-state index is -0.892. The first-order valence-corrected chi connectivity index (χ1v) is 8.50. The molecule has 0 radical (unpaired) electrons. The first kappa shape index (κ1) is 15.2. The van der Waals surface area contributed by atoms with Gasteiger partial charge in [0.05, 0.1) is 12.7 Å². The Morgan fingerprint density at radius 1 is 1.46 bits per heavy atom. The third-order valence-corrected chi connectivity index (χ3v) is 5.18. The van der Waals surface area contributed by atoms with E-state index >= 15 is 0 Å². The molecule has 0 bridgehead atoms. The molecule has 0 aliphatic carbocycles. The van der Waals surface area contributed by atoms with Crippen LogP contribution in [-0.2, 0) is 19.5 Å². The summed E-state index contributed by atoms with van der Waals surface area (Å²) in [5.41, 5.74) is 3.75. The molecule has 3 aromatic rings. The second kappa shape index (κ2) is 5.92. The van der Waals surface area contributed by atoms with Crippen molar-refractivity contribution in [3.05, 3.63) is 46.0 Å². The highest BCUT2D eigenvalue weighted by atomic mass is 32.1. The average molecular weight is 343 g/mol. The number of methoxy groups -OCH3 is 1. The summed E-state index contributed by atoms with van der Waals surface area (Å²) in [5, 5.41) is 10.2. The zero-order chi connectivity index (χ0) is 16.7. The summed E-state index contributed by atoms with van der Waals surface area (Å²) < 4.78 is 9.38. The number of rotatable bonds is 4. The molecule has 3 heterocycles. The molecule has 7 heteroatoms. The van der Waals surface area contributed by atoms with Crippen LogP contribution in [0.15, 0.2) is 24.3 Å². The maximum absolute atomic E-state index is 11.2. The van der Waals surface area contributed by atoms with Crippen LogP contribution < -0.4 is 4.74 Å². The van der Waals surface area contributed by atoms with E-state index in [1.54, 1.807) is 19.2 Å². The van der Waals surface area contributed by atoms with Gasteiger partial charge in [-0.3, -0.25) is 4.90 Å². The van der Waals surface area contributed by atoms with Crippen LogP contribution >= 0.6 is 11.5 Å². The van der Waals surface area contributed by atoms with Crippen LogP contribution in [0.25, 0.3) is 10.9 Å². The molecule has 0 amide bonds. The Labute approximate surface area is 142 Å². The lowest BCUT2D eigenvalue weighted by molar-refractivity contribution is 0.0697. The monoisotopic (exact) mass is 343 g/mol. The summed E-state index contributed by atoms with van der Waals surface area (Å²) in [6, 6.07) is 7.24. The molecule has 6 nitrogen and oxygen atoms in total. The lowest BCUT2D eigenvalue weighted by Gasteiger charge is -2.26. The lowest BCUT2D eigenvalue weighted by Crippen LogP contribution is -2.29. The fourth-order valence-electron chi connectivity index (χ4n) is 3.22. The van der Waals surface area contributed by atoms with Crippen molar-refractivity contribution in [2.24, 2.45) is 0 Å². The third kappa shape index (κ3) is 2.65. The van der Waals surface area contributed by atoms with Gasteiger partial charge in [0.25, 0.3) is 0 Å². The van der Waals surface area contributed by atoms with Crippen molar-refractivity contribution in [2.45, 2.75) is 19.5 Å². The SMILES string of the molecule is COc1cc(CN2CCc3[nH]c4ccc(C(=O)O)cc4c3C2)sn1. The van der Waals surface area contributed by atoms with E-state index in [0.717, 1.165) is 37.0 Å². The number of nitrogens with one attached hydrogen (secondary N) is 1. The second-order valence-corrected chi connectivity index (χ2v) is 6.83. The summed E-state index contributed by atoms with van der Waals surface area (Å²) >= 11 is 1.46. The van der Waals surface area contributed by atoms with Crippen LogP contribution in [0.3, 0.4) is 0 Å². The van der Waals surface area contributed by atoms with Crippen molar-refractivity contribution in [3.63, 3.8) is 0 Å². The molecule has 2 N–H and O–H groups in total. The minimum absolute atomic E-state index is 0.327. The van der Waals surface area contributed by atoms with Crippen molar-refractivity contribution in [1.29, 1.82) is 0 Å². The molecule has 0 saturated heterocycles. The van der Waals surface area contributed by atoms with Gasteiger partial charge in [0.2, 0.25) is 5.88 Å². The molecule has 2 aromatic heterocycles. The Morgan fingerprint density at radius 3 is 3.08 bits per heavy atom. The number of benzene rings is 1. The summed E-state index contributed by atoms with van der Waals surface area (Å²) in [5.74, 6) is -0.234. The number of hydrogen-bond acceptors (Lipinski definition) is 5. The molecule has 1 aliphatic rings. The van der Waals surface area contributed by atoms with E-state index in [4.69, 9.17) is 4.74 Å². The van der Waals surface area contributed by atoms with Gasteiger partial charge in [-0.25, -0.2) is 4.79 Å². The maximum atomic E-state index is 11.2. The Balaban J connectivity index is 1.62. The molecule has 124 valence electrons. The highest BCUT2D eigenvalue weighted by Crippen LogP contribution is 2.30. The zero-order valence-corrected chi connectivity index (χ0v) is 14.0. The molecular formula is C17H17N3O3S. The smallest absolute Gasteiger partial charge is 0.335 e. The van der Waals surface area contributed by atoms with Crippen molar-refractivity contribution >= 4 is 28.4 Å². The molecule has 0 atom stereocenters. The Hall–Kier alpha value is -2.38. The van der Waals surface area contributed by atoms with Gasteiger partial charge in [-0.15, -0.1) is 0 Å². The zero-order valence-electron chi connectivity index (χ0n) is 13.2. The number of aromatic amines is 1. The molecule has 0 unspecified atom stereocenters. The fourth-order valence-corrected chi connectivity index (χ4v) is 3.95. The number of fused-ring (bicyclic) bond motifs is 3. The number of ether oxygens (including phenoxy) is 1. The van der Waals surface area contributed by atoms with Gasteiger partial charge in [-0.05, 0) is 35.3 Å². The van der Waals surface area contributed by atoms with Gasteiger partial charge in [0, 0.05) is 53.6 Å². The fraction of sp³-hybridized carbons (Fsp3) is 0.294. The van der Waals surface area contributed by atoms with Gasteiger partial charge in [-0.2, -0.15) is 4.37 Å². The quantitative estimate of drug-likeness (QED) is 0.761. The van der Waals surface area contributed by atoms with E-state index in [-0.39, 0.29) is 0 Å². The first-order chi connectivity index (χ1) is 11.6.